The molecule has 4 heterocycles. The second-order valence-electron chi connectivity index (χ2n) is 6.35. The van der Waals surface area contributed by atoms with E-state index in [0.717, 1.165) is 5.56 Å². The fourth-order valence-electron chi connectivity index (χ4n) is 3.07. The number of pyridine rings is 1. The van der Waals surface area contributed by atoms with E-state index in [4.69, 9.17) is 9.47 Å². The quantitative estimate of drug-likeness (QED) is 0.707. The van der Waals surface area contributed by atoms with Crippen molar-refractivity contribution in [3.63, 3.8) is 0 Å². The molecular formula is C19H21N5O4. The number of hydrogen-bond donors (Lipinski definition) is 1. The lowest BCUT2D eigenvalue weighted by Crippen LogP contribution is -2.40. The fourth-order valence-corrected chi connectivity index (χ4v) is 3.07. The Hall–Kier alpha value is -3.17. The number of aromatic nitrogens is 4. The zero-order chi connectivity index (χ0) is 19.5. The van der Waals surface area contributed by atoms with Crippen molar-refractivity contribution in [3.05, 3.63) is 54.1 Å². The molecule has 3 aromatic rings. The summed E-state index contributed by atoms with van der Waals surface area (Å²) in [4.78, 5) is 18.9. The first-order valence-corrected chi connectivity index (χ1v) is 8.95. The molecule has 1 aliphatic rings. The summed E-state index contributed by atoms with van der Waals surface area (Å²) in [5.74, 6) is 1.02. The van der Waals surface area contributed by atoms with E-state index in [9.17, 15) is 9.90 Å². The highest BCUT2D eigenvalue weighted by Gasteiger charge is 2.23. The zero-order valence-corrected chi connectivity index (χ0v) is 15.5. The molecule has 28 heavy (non-hydrogen) atoms. The third-order valence-electron chi connectivity index (χ3n) is 4.58. The van der Waals surface area contributed by atoms with Gasteiger partial charge in [0.15, 0.2) is 5.69 Å². The Morgan fingerprint density at radius 3 is 2.75 bits per heavy atom. The summed E-state index contributed by atoms with van der Waals surface area (Å²) in [6, 6.07) is 7.11. The minimum Gasteiger partial charge on any atom is -0.481 e. The van der Waals surface area contributed by atoms with Crippen LogP contribution in [-0.2, 0) is 11.3 Å². The number of amides is 1. The Balaban J connectivity index is 1.75. The summed E-state index contributed by atoms with van der Waals surface area (Å²) in [6.45, 7) is 2.08. The van der Waals surface area contributed by atoms with Crippen LogP contribution in [0.4, 0.5) is 0 Å². The summed E-state index contributed by atoms with van der Waals surface area (Å²) in [5.41, 5.74) is 1.80. The average molecular weight is 383 g/mol. The van der Waals surface area contributed by atoms with E-state index in [0.29, 0.717) is 49.4 Å². The van der Waals surface area contributed by atoms with Crippen LogP contribution in [0.3, 0.4) is 0 Å². The standard InChI is InChI=1S/C19H21N5O4/c1-27-17-3-2-15(11-20-17)24-18(23-5-4-14(12-23)13-25)10-16(21-24)19(26)22-6-8-28-9-7-22/h2-5,10-12,25H,6-9,13H2,1H3. The molecule has 9 nitrogen and oxygen atoms in total. The van der Waals surface area contributed by atoms with E-state index in [1.165, 1.54) is 0 Å². The lowest BCUT2D eigenvalue weighted by molar-refractivity contribution is 0.0298. The van der Waals surface area contributed by atoms with Gasteiger partial charge in [0.2, 0.25) is 5.88 Å². The molecule has 9 heteroatoms. The van der Waals surface area contributed by atoms with Crippen molar-refractivity contribution in [2.45, 2.75) is 6.61 Å². The monoisotopic (exact) mass is 383 g/mol. The van der Waals surface area contributed by atoms with Crippen molar-refractivity contribution < 1.29 is 19.4 Å². The largest absolute Gasteiger partial charge is 0.481 e. The van der Waals surface area contributed by atoms with Gasteiger partial charge < -0.3 is 24.0 Å². The molecule has 0 spiro atoms. The van der Waals surface area contributed by atoms with Gasteiger partial charge in [-0.2, -0.15) is 5.10 Å². The highest BCUT2D eigenvalue weighted by Crippen LogP contribution is 2.20. The number of hydrogen-bond acceptors (Lipinski definition) is 6. The van der Waals surface area contributed by atoms with Crippen molar-refractivity contribution >= 4 is 5.91 Å². The molecule has 0 atom stereocenters. The smallest absolute Gasteiger partial charge is 0.274 e. The van der Waals surface area contributed by atoms with Crippen molar-refractivity contribution in [2.24, 2.45) is 0 Å². The first kappa shape index (κ1) is 18.2. The van der Waals surface area contributed by atoms with E-state index in [2.05, 4.69) is 10.1 Å². The Kier molecular flexibility index (Phi) is 5.09. The lowest BCUT2D eigenvalue weighted by Gasteiger charge is -2.25. The van der Waals surface area contributed by atoms with Crippen LogP contribution in [0.5, 0.6) is 5.88 Å². The van der Waals surface area contributed by atoms with E-state index in [1.807, 2.05) is 22.9 Å². The van der Waals surface area contributed by atoms with E-state index in [1.54, 1.807) is 41.2 Å². The van der Waals surface area contributed by atoms with Crippen LogP contribution in [0.15, 0.2) is 42.9 Å². The van der Waals surface area contributed by atoms with Crippen LogP contribution in [-0.4, -0.2) is 68.7 Å². The summed E-state index contributed by atoms with van der Waals surface area (Å²) in [6.07, 6.45) is 5.25. The molecule has 4 rings (SSSR count). The number of rotatable bonds is 5. The maximum Gasteiger partial charge on any atom is 0.274 e. The number of methoxy groups -OCH3 is 1. The van der Waals surface area contributed by atoms with Crippen LogP contribution in [0, 0.1) is 0 Å². The molecule has 1 N–H and O–H groups in total. The van der Waals surface area contributed by atoms with Gasteiger partial charge in [0.05, 0.1) is 38.8 Å². The van der Waals surface area contributed by atoms with Crippen LogP contribution >= 0.6 is 0 Å². The molecule has 0 bridgehead atoms. The molecule has 1 amide bonds. The van der Waals surface area contributed by atoms with Crippen LogP contribution in [0.1, 0.15) is 16.1 Å². The first-order valence-electron chi connectivity index (χ1n) is 8.95. The highest BCUT2D eigenvalue weighted by atomic mass is 16.5. The maximum atomic E-state index is 12.9. The Labute approximate surface area is 161 Å². The van der Waals surface area contributed by atoms with E-state index in [-0.39, 0.29) is 12.5 Å². The van der Waals surface area contributed by atoms with Gasteiger partial charge in [-0.05, 0) is 17.7 Å². The first-order chi connectivity index (χ1) is 13.7. The number of aliphatic hydroxyl groups excluding tert-OH is 1. The van der Waals surface area contributed by atoms with Gasteiger partial charge in [0.1, 0.15) is 5.82 Å². The number of aliphatic hydroxyl groups is 1. The highest BCUT2D eigenvalue weighted by molar-refractivity contribution is 5.93. The van der Waals surface area contributed by atoms with Gasteiger partial charge >= 0.3 is 0 Å². The topological polar surface area (TPSA) is 94.6 Å². The Bertz CT molecular complexity index is 957. The van der Waals surface area contributed by atoms with Crippen LogP contribution < -0.4 is 4.74 Å². The maximum absolute atomic E-state index is 12.9. The van der Waals surface area contributed by atoms with E-state index < -0.39 is 0 Å². The van der Waals surface area contributed by atoms with E-state index >= 15 is 0 Å². The summed E-state index contributed by atoms with van der Waals surface area (Å²) in [7, 11) is 1.55. The van der Waals surface area contributed by atoms with Gasteiger partial charge in [0, 0.05) is 37.6 Å². The van der Waals surface area contributed by atoms with Gasteiger partial charge in [-0.1, -0.05) is 0 Å². The second kappa shape index (κ2) is 7.83. The van der Waals surface area contributed by atoms with Gasteiger partial charge in [-0.3, -0.25) is 4.79 Å². The third-order valence-corrected chi connectivity index (χ3v) is 4.58. The number of morpholine rings is 1. The molecule has 3 aromatic heterocycles. The molecule has 146 valence electrons. The van der Waals surface area contributed by atoms with Crippen molar-refractivity contribution in [3.8, 4) is 17.4 Å². The van der Waals surface area contributed by atoms with Crippen LogP contribution in [0.2, 0.25) is 0 Å². The minimum absolute atomic E-state index is 0.0647. The van der Waals surface area contributed by atoms with Gasteiger partial charge in [-0.25, -0.2) is 9.67 Å². The summed E-state index contributed by atoms with van der Waals surface area (Å²) >= 11 is 0. The Morgan fingerprint density at radius 2 is 2.11 bits per heavy atom. The minimum atomic E-state index is -0.140. The molecule has 0 radical (unpaired) electrons. The number of carbonyl (C=O) groups excluding carboxylic acids is 1. The predicted molar refractivity (Wildman–Crippen MR) is 99.9 cm³/mol. The lowest BCUT2D eigenvalue weighted by atomic mass is 10.3. The van der Waals surface area contributed by atoms with Crippen molar-refractivity contribution in [1.29, 1.82) is 0 Å². The molecule has 0 aromatic carbocycles. The zero-order valence-electron chi connectivity index (χ0n) is 15.5. The van der Waals surface area contributed by atoms with Gasteiger partial charge in [-0.15, -0.1) is 0 Å². The fraction of sp³-hybridized carbons (Fsp3) is 0.316. The number of carbonyl (C=O) groups is 1. The van der Waals surface area contributed by atoms with Crippen molar-refractivity contribution in [1.82, 2.24) is 24.2 Å². The normalized spacial score (nSPS) is 14.3. The van der Waals surface area contributed by atoms with Crippen LogP contribution in [0.25, 0.3) is 11.5 Å². The summed E-state index contributed by atoms with van der Waals surface area (Å²) in [5, 5.41) is 13.9. The molecule has 0 saturated carbocycles. The summed E-state index contributed by atoms with van der Waals surface area (Å²) < 4.78 is 13.9. The molecular weight excluding hydrogens is 362 g/mol. The number of nitrogens with zero attached hydrogens (tertiary/aromatic N) is 5. The van der Waals surface area contributed by atoms with Gasteiger partial charge in [0.25, 0.3) is 5.91 Å². The SMILES string of the molecule is COc1ccc(-n2nc(C(=O)N3CCOCC3)cc2-n2ccc(CO)c2)cn1. The average Bonchev–Trinajstić information content (AvgIpc) is 3.41. The molecule has 1 aliphatic heterocycles. The Morgan fingerprint density at radius 1 is 1.29 bits per heavy atom. The molecule has 1 fully saturated rings. The molecule has 0 aliphatic carbocycles. The van der Waals surface area contributed by atoms with Crippen molar-refractivity contribution in [2.75, 3.05) is 33.4 Å². The molecule has 1 saturated heterocycles. The third kappa shape index (κ3) is 3.49. The second-order valence-corrected chi connectivity index (χ2v) is 6.35. The number of ether oxygens (including phenoxy) is 2. The molecule has 0 unspecified atom stereocenters. The predicted octanol–water partition coefficient (Wildman–Crippen LogP) is 1.03.